The van der Waals surface area contributed by atoms with Crippen LogP contribution in [0.5, 0.6) is 0 Å². The van der Waals surface area contributed by atoms with Crippen molar-refractivity contribution in [2.75, 3.05) is 0 Å². The van der Waals surface area contributed by atoms with Crippen molar-refractivity contribution in [1.82, 2.24) is 4.57 Å². The molecule has 0 radical (unpaired) electrons. The van der Waals surface area contributed by atoms with Gasteiger partial charge in [-0.15, -0.1) is 0 Å². The maximum atomic E-state index is 13.2. The molecule has 0 spiro atoms. The third-order valence-electron chi connectivity index (χ3n) is 4.97. The van der Waals surface area contributed by atoms with E-state index >= 15 is 0 Å². The summed E-state index contributed by atoms with van der Waals surface area (Å²) in [7, 11) is 0. The first kappa shape index (κ1) is 18.2. The number of halogens is 1. The van der Waals surface area contributed by atoms with E-state index < -0.39 is 0 Å². The Morgan fingerprint density at radius 3 is 2.63 bits per heavy atom. The van der Waals surface area contributed by atoms with Crippen molar-refractivity contribution in [3.05, 3.63) is 104 Å². The van der Waals surface area contributed by atoms with Gasteiger partial charge < -0.3 is 9.30 Å². The summed E-state index contributed by atoms with van der Waals surface area (Å²) in [4.78, 5) is 13.2. The molecule has 0 saturated heterocycles. The van der Waals surface area contributed by atoms with Gasteiger partial charge in [-0.2, -0.15) is 0 Å². The molecule has 0 fully saturated rings. The fraction of sp³-hybridized carbons (Fsp3) is 0.261. The van der Waals surface area contributed by atoms with Crippen LogP contribution in [0, 0.1) is 0 Å². The van der Waals surface area contributed by atoms with E-state index in [2.05, 4.69) is 48.0 Å². The average Bonchev–Trinajstić information content (AvgIpc) is 2.64. The lowest BCUT2D eigenvalue weighted by Crippen LogP contribution is -2.37. The van der Waals surface area contributed by atoms with Crippen LogP contribution >= 0.6 is 15.9 Å². The maximum Gasteiger partial charge on any atom is 0.257 e. The van der Waals surface area contributed by atoms with Crippen LogP contribution in [0.15, 0.2) is 76.1 Å². The van der Waals surface area contributed by atoms with E-state index in [1.165, 1.54) is 5.56 Å². The molecule has 4 heteroatoms. The maximum absolute atomic E-state index is 13.2. The van der Waals surface area contributed by atoms with E-state index in [-0.39, 0.29) is 17.3 Å². The predicted octanol–water partition coefficient (Wildman–Crippen LogP) is 5.10. The fourth-order valence-corrected chi connectivity index (χ4v) is 4.12. The van der Waals surface area contributed by atoms with Crippen molar-refractivity contribution in [2.24, 2.45) is 0 Å². The minimum Gasteiger partial charge on any atom is -0.362 e. The molecule has 0 aliphatic carbocycles. The summed E-state index contributed by atoms with van der Waals surface area (Å²) >= 11 is 3.56. The Morgan fingerprint density at radius 2 is 1.85 bits per heavy atom. The second kappa shape index (κ2) is 7.10. The Balaban J connectivity index is 1.79. The molecule has 138 valence electrons. The average molecular weight is 424 g/mol. The van der Waals surface area contributed by atoms with Gasteiger partial charge in [0.25, 0.3) is 5.56 Å². The van der Waals surface area contributed by atoms with Gasteiger partial charge in [-0.3, -0.25) is 4.79 Å². The summed E-state index contributed by atoms with van der Waals surface area (Å²) in [6, 6.07) is 20.1. The summed E-state index contributed by atoms with van der Waals surface area (Å²) in [6.45, 7) is 4.71. The van der Waals surface area contributed by atoms with Crippen LogP contribution in [0.3, 0.4) is 0 Å². The number of aromatic nitrogens is 1. The zero-order valence-electron chi connectivity index (χ0n) is 15.5. The number of hydrogen-bond acceptors (Lipinski definition) is 2. The molecule has 1 aliphatic rings. The van der Waals surface area contributed by atoms with Crippen LogP contribution in [0.2, 0.25) is 0 Å². The first-order valence-corrected chi connectivity index (χ1v) is 9.92. The molecule has 1 atom stereocenters. The topological polar surface area (TPSA) is 31.2 Å². The van der Waals surface area contributed by atoms with Gasteiger partial charge in [0.1, 0.15) is 6.10 Å². The van der Waals surface area contributed by atoms with E-state index in [9.17, 15) is 4.79 Å². The minimum atomic E-state index is -0.364. The van der Waals surface area contributed by atoms with Crippen molar-refractivity contribution in [2.45, 2.75) is 38.5 Å². The summed E-state index contributed by atoms with van der Waals surface area (Å²) in [6.07, 6.45) is 2.31. The Kier molecular flexibility index (Phi) is 4.79. The normalized spacial score (nSPS) is 18.1. The number of rotatable bonds is 3. The van der Waals surface area contributed by atoms with Crippen molar-refractivity contribution in [3.8, 4) is 0 Å². The van der Waals surface area contributed by atoms with E-state index in [0.29, 0.717) is 12.1 Å². The van der Waals surface area contributed by atoms with Gasteiger partial charge in [0.2, 0.25) is 0 Å². The molecule has 4 rings (SSSR count). The molecule has 0 N–H and O–H groups in total. The summed E-state index contributed by atoms with van der Waals surface area (Å²) in [5.41, 5.74) is 3.76. The van der Waals surface area contributed by atoms with Crippen molar-refractivity contribution in [3.63, 3.8) is 0 Å². The Bertz CT molecular complexity index is 1020. The number of fused-ring (bicyclic) bond motifs is 1. The van der Waals surface area contributed by atoms with Crippen LogP contribution in [0.4, 0.5) is 0 Å². The third kappa shape index (κ3) is 3.78. The molecule has 2 heterocycles. The lowest BCUT2D eigenvalue weighted by Gasteiger charge is -2.38. The third-order valence-corrected chi connectivity index (χ3v) is 5.46. The number of ether oxygens (including phenoxy) is 1. The van der Waals surface area contributed by atoms with Crippen LogP contribution in [0.1, 0.15) is 42.2 Å². The molecule has 1 aromatic heterocycles. The highest BCUT2D eigenvalue weighted by atomic mass is 79.9. The van der Waals surface area contributed by atoms with E-state index in [1.807, 2.05) is 48.7 Å². The predicted molar refractivity (Wildman–Crippen MR) is 111 cm³/mol. The van der Waals surface area contributed by atoms with Gasteiger partial charge in [-0.05, 0) is 54.8 Å². The van der Waals surface area contributed by atoms with E-state index in [0.717, 1.165) is 22.0 Å². The first-order chi connectivity index (χ1) is 12.9. The Morgan fingerprint density at radius 1 is 1.07 bits per heavy atom. The van der Waals surface area contributed by atoms with Crippen LogP contribution in [-0.4, -0.2) is 10.2 Å². The molecule has 1 aliphatic heterocycles. The minimum absolute atomic E-state index is 0.00465. The molecular formula is C23H22BrNO2. The van der Waals surface area contributed by atoms with Crippen LogP contribution in [0.25, 0.3) is 0 Å². The lowest BCUT2D eigenvalue weighted by atomic mass is 9.86. The molecule has 3 aromatic rings. The summed E-state index contributed by atoms with van der Waals surface area (Å²) < 4.78 is 9.15. The quantitative estimate of drug-likeness (QED) is 0.586. The van der Waals surface area contributed by atoms with E-state index in [1.54, 1.807) is 4.57 Å². The summed E-state index contributed by atoms with van der Waals surface area (Å²) in [5.74, 6) is 0. The molecule has 3 nitrogen and oxygen atoms in total. The number of pyridine rings is 1. The molecule has 0 bridgehead atoms. The molecule has 0 saturated carbocycles. The monoisotopic (exact) mass is 423 g/mol. The lowest BCUT2D eigenvalue weighted by molar-refractivity contribution is -0.0675. The van der Waals surface area contributed by atoms with Gasteiger partial charge in [-0.1, -0.05) is 52.3 Å². The van der Waals surface area contributed by atoms with Gasteiger partial charge in [0.05, 0.1) is 17.7 Å². The highest BCUT2D eigenvalue weighted by Crippen LogP contribution is 2.39. The smallest absolute Gasteiger partial charge is 0.257 e. The van der Waals surface area contributed by atoms with Crippen molar-refractivity contribution in [1.29, 1.82) is 0 Å². The zero-order valence-corrected chi connectivity index (χ0v) is 17.1. The van der Waals surface area contributed by atoms with Crippen molar-refractivity contribution >= 4 is 15.9 Å². The Hall–Kier alpha value is -2.17. The highest BCUT2D eigenvalue weighted by molar-refractivity contribution is 9.10. The summed E-state index contributed by atoms with van der Waals surface area (Å²) in [5, 5.41) is 0. The van der Waals surface area contributed by atoms with Gasteiger partial charge in [0, 0.05) is 17.1 Å². The number of hydrogen-bond donors (Lipinski definition) is 0. The van der Waals surface area contributed by atoms with Crippen LogP contribution < -0.4 is 5.56 Å². The van der Waals surface area contributed by atoms with Gasteiger partial charge >= 0.3 is 0 Å². The van der Waals surface area contributed by atoms with Gasteiger partial charge in [-0.25, -0.2) is 0 Å². The SMILES string of the molecule is CC1(C)Cc2ccc(Br)cc2C(c2cccn(Cc3ccccc3)c2=O)O1. The second-order valence-corrected chi connectivity index (χ2v) is 8.58. The molecule has 27 heavy (non-hydrogen) atoms. The van der Waals surface area contributed by atoms with Gasteiger partial charge in [0.15, 0.2) is 0 Å². The van der Waals surface area contributed by atoms with Crippen LogP contribution in [-0.2, 0) is 17.7 Å². The molecule has 1 unspecified atom stereocenters. The Labute approximate surface area is 167 Å². The standard InChI is InChI=1S/C23H22BrNO2/c1-23(2)14-17-10-11-18(24)13-20(17)21(27-23)19-9-6-12-25(22(19)26)15-16-7-4-3-5-8-16/h3-13,21H,14-15H2,1-2H3. The molecular weight excluding hydrogens is 402 g/mol. The first-order valence-electron chi connectivity index (χ1n) is 9.12. The zero-order chi connectivity index (χ0) is 19.0. The van der Waals surface area contributed by atoms with E-state index in [4.69, 9.17) is 4.74 Å². The fourth-order valence-electron chi connectivity index (χ4n) is 3.74. The largest absolute Gasteiger partial charge is 0.362 e. The second-order valence-electron chi connectivity index (χ2n) is 7.66. The highest BCUT2D eigenvalue weighted by Gasteiger charge is 2.35. The molecule has 0 amide bonds. The van der Waals surface area contributed by atoms with Crippen molar-refractivity contribution < 1.29 is 4.74 Å². The number of nitrogens with zero attached hydrogens (tertiary/aromatic N) is 1. The molecule has 2 aromatic carbocycles. The number of benzene rings is 2.